The molecule has 5 heteroatoms. The molecule has 1 aromatic carbocycles. The molecule has 0 spiro atoms. The summed E-state index contributed by atoms with van der Waals surface area (Å²) in [5.41, 5.74) is 1.73. The minimum Gasteiger partial charge on any atom is -0.495 e. The van der Waals surface area contributed by atoms with Crippen molar-refractivity contribution in [1.29, 1.82) is 0 Å². The summed E-state index contributed by atoms with van der Waals surface area (Å²) in [4.78, 5) is 5.88. The number of halogens is 1. The Morgan fingerprint density at radius 3 is 2.57 bits per heavy atom. The minimum absolute atomic E-state index is 0.137. The zero-order chi connectivity index (χ0) is 16.8. The molecule has 0 radical (unpaired) electrons. The third kappa shape index (κ3) is 4.50. The number of nitrogens with zero attached hydrogens (tertiary/aromatic N) is 2. The highest BCUT2D eigenvalue weighted by Gasteiger charge is 2.21. The number of hydrogen-bond donors (Lipinski definition) is 1. The second-order valence-electron chi connectivity index (χ2n) is 5.81. The lowest BCUT2D eigenvalue weighted by molar-refractivity contribution is 0.239. The molecular formula is C18H24FN3O. The highest BCUT2D eigenvalue weighted by molar-refractivity contribution is 5.25. The van der Waals surface area contributed by atoms with Gasteiger partial charge in [-0.05, 0) is 32.6 Å². The normalized spacial score (nSPS) is 13.8. The quantitative estimate of drug-likeness (QED) is 0.797. The second kappa shape index (κ2) is 8.04. The van der Waals surface area contributed by atoms with Gasteiger partial charge in [0.05, 0.1) is 13.3 Å². The summed E-state index contributed by atoms with van der Waals surface area (Å²) in [7, 11) is 5.64. The van der Waals surface area contributed by atoms with Crippen LogP contribution in [0.25, 0.3) is 0 Å². The SMILES string of the molecule is COc1cnc(F)c(CNC(C)C(c2ccccc2)N(C)C)c1. The number of likely N-dealkylation sites (N-methyl/N-ethyl adjacent to an activating group) is 1. The van der Waals surface area contributed by atoms with E-state index >= 15 is 0 Å². The lowest BCUT2D eigenvalue weighted by atomic mass is 9.99. The van der Waals surface area contributed by atoms with E-state index in [1.165, 1.54) is 11.8 Å². The van der Waals surface area contributed by atoms with E-state index in [0.29, 0.717) is 17.9 Å². The number of ether oxygens (including phenoxy) is 1. The molecule has 23 heavy (non-hydrogen) atoms. The van der Waals surface area contributed by atoms with Crippen LogP contribution in [0.15, 0.2) is 42.6 Å². The fourth-order valence-corrected chi connectivity index (χ4v) is 2.77. The summed E-state index contributed by atoms with van der Waals surface area (Å²) >= 11 is 0. The van der Waals surface area contributed by atoms with E-state index < -0.39 is 5.95 Å². The predicted octanol–water partition coefficient (Wildman–Crippen LogP) is 3.01. The number of aromatic nitrogens is 1. The maximum Gasteiger partial charge on any atom is 0.217 e. The molecule has 1 heterocycles. The smallest absolute Gasteiger partial charge is 0.217 e. The van der Waals surface area contributed by atoms with Crippen molar-refractivity contribution in [3.63, 3.8) is 0 Å². The van der Waals surface area contributed by atoms with Gasteiger partial charge in [-0.25, -0.2) is 4.98 Å². The second-order valence-corrected chi connectivity index (χ2v) is 5.81. The van der Waals surface area contributed by atoms with Gasteiger partial charge in [-0.15, -0.1) is 0 Å². The van der Waals surface area contributed by atoms with Crippen molar-refractivity contribution in [3.8, 4) is 5.75 Å². The van der Waals surface area contributed by atoms with Crippen LogP contribution < -0.4 is 10.1 Å². The number of rotatable bonds is 7. The molecule has 1 aromatic heterocycles. The first-order chi connectivity index (χ1) is 11.0. The van der Waals surface area contributed by atoms with Gasteiger partial charge in [-0.2, -0.15) is 4.39 Å². The number of hydrogen-bond acceptors (Lipinski definition) is 4. The summed E-state index contributed by atoms with van der Waals surface area (Å²) in [6.45, 7) is 2.50. The average Bonchev–Trinajstić information content (AvgIpc) is 2.55. The summed E-state index contributed by atoms with van der Waals surface area (Å²) < 4.78 is 18.9. The van der Waals surface area contributed by atoms with Crippen molar-refractivity contribution in [2.45, 2.75) is 25.6 Å². The Hall–Kier alpha value is -1.98. The molecule has 0 fully saturated rings. The van der Waals surface area contributed by atoms with Crippen molar-refractivity contribution < 1.29 is 9.13 Å². The third-order valence-electron chi connectivity index (χ3n) is 3.91. The monoisotopic (exact) mass is 317 g/mol. The van der Waals surface area contributed by atoms with Gasteiger partial charge >= 0.3 is 0 Å². The minimum atomic E-state index is -0.466. The number of pyridine rings is 1. The van der Waals surface area contributed by atoms with Gasteiger partial charge in [-0.1, -0.05) is 30.3 Å². The summed E-state index contributed by atoms with van der Waals surface area (Å²) in [6.07, 6.45) is 1.38. The van der Waals surface area contributed by atoms with Crippen LogP contribution in [0, 0.1) is 5.95 Å². The molecule has 1 N–H and O–H groups in total. The molecule has 4 nitrogen and oxygen atoms in total. The fraction of sp³-hybridized carbons (Fsp3) is 0.389. The van der Waals surface area contributed by atoms with Crippen LogP contribution in [0.1, 0.15) is 24.1 Å². The van der Waals surface area contributed by atoms with E-state index in [9.17, 15) is 4.39 Å². The lowest BCUT2D eigenvalue weighted by Gasteiger charge is -2.31. The molecule has 2 unspecified atom stereocenters. The zero-order valence-electron chi connectivity index (χ0n) is 14.1. The molecule has 0 aliphatic heterocycles. The molecule has 0 aliphatic rings. The van der Waals surface area contributed by atoms with Gasteiger partial charge in [0.15, 0.2) is 0 Å². The maximum absolute atomic E-state index is 13.8. The molecule has 2 rings (SSSR count). The lowest BCUT2D eigenvalue weighted by Crippen LogP contribution is -2.39. The van der Waals surface area contributed by atoms with Gasteiger partial charge in [0.25, 0.3) is 0 Å². The van der Waals surface area contributed by atoms with Crippen LogP contribution in [0.2, 0.25) is 0 Å². The average molecular weight is 317 g/mol. The van der Waals surface area contributed by atoms with Crippen molar-refractivity contribution in [2.24, 2.45) is 0 Å². The van der Waals surface area contributed by atoms with Crippen LogP contribution >= 0.6 is 0 Å². The van der Waals surface area contributed by atoms with E-state index in [1.54, 1.807) is 13.2 Å². The first-order valence-corrected chi connectivity index (χ1v) is 7.66. The Kier molecular flexibility index (Phi) is 6.07. The molecule has 124 valence electrons. The van der Waals surface area contributed by atoms with Crippen molar-refractivity contribution >= 4 is 0 Å². The standard InChI is InChI=1S/C18H24FN3O/c1-13(17(22(2)3)14-8-6-5-7-9-14)20-11-15-10-16(23-4)12-21-18(15)19/h5-10,12-13,17,20H,11H2,1-4H3. The van der Waals surface area contributed by atoms with Gasteiger partial charge in [0, 0.05) is 24.2 Å². The van der Waals surface area contributed by atoms with Crippen molar-refractivity contribution in [1.82, 2.24) is 15.2 Å². The number of methoxy groups -OCH3 is 1. The number of benzene rings is 1. The van der Waals surface area contributed by atoms with E-state index in [4.69, 9.17) is 4.74 Å². The molecule has 2 aromatic rings. The fourth-order valence-electron chi connectivity index (χ4n) is 2.77. The molecule has 0 saturated heterocycles. The summed E-state index contributed by atoms with van der Waals surface area (Å²) in [6, 6.07) is 12.3. The van der Waals surface area contributed by atoms with Crippen molar-refractivity contribution in [2.75, 3.05) is 21.2 Å². The summed E-state index contributed by atoms with van der Waals surface area (Å²) in [5.74, 6) is 0.0923. The molecule has 0 saturated carbocycles. The van der Waals surface area contributed by atoms with Crippen molar-refractivity contribution in [3.05, 3.63) is 59.7 Å². The van der Waals surface area contributed by atoms with E-state index in [-0.39, 0.29) is 12.1 Å². The highest BCUT2D eigenvalue weighted by Crippen LogP contribution is 2.22. The Bertz CT molecular complexity index is 619. The van der Waals surface area contributed by atoms with Crippen LogP contribution in [0.4, 0.5) is 4.39 Å². The topological polar surface area (TPSA) is 37.4 Å². The highest BCUT2D eigenvalue weighted by atomic mass is 19.1. The third-order valence-corrected chi connectivity index (χ3v) is 3.91. The Labute approximate surface area is 137 Å². The molecule has 0 bridgehead atoms. The number of nitrogens with one attached hydrogen (secondary N) is 1. The maximum atomic E-state index is 13.8. The van der Waals surface area contributed by atoms with Crippen LogP contribution in [-0.4, -0.2) is 37.1 Å². The van der Waals surface area contributed by atoms with E-state index in [2.05, 4.69) is 34.3 Å². The van der Waals surface area contributed by atoms with Gasteiger partial charge in [-0.3, -0.25) is 0 Å². The Balaban J connectivity index is 2.09. The predicted molar refractivity (Wildman–Crippen MR) is 89.9 cm³/mol. The van der Waals surface area contributed by atoms with Crippen LogP contribution in [0.3, 0.4) is 0 Å². The summed E-state index contributed by atoms with van der Waals surface area (Å²) in [5, 5.41) is 3.39. The molecule has 0 amide bonds. The first-order valence-electron chi connectivity index (χ1n) is 7.66. The Morgan fingerprint density at radius 2 is 1.96 bits per heavy atom. The first kappa shape index (κ1) is 17.4. The molecule has 2 atom stereocenters. The zero-order valence-corrected chi connectivity index (χ0v) is 14.1. The van der Waals surface area contributed by atoms with Crippen LogP contribution in [0.5, 0.6) is 5.75 Å². The van der Waals surface area contributed by atoms with Crippen LogP contribution in [-0.2, 0) is 6.54 Å². The van der Waals surface area contributed by atoms with Gasteiger partial charge in [0.2, 0.25) is 5.95 Å². The van der Waals surface area contributed by atoms with E-state index in [0.717, 1.165) is 0 Å². The molecular weight excluding hydrogens is 293 g/mol. The Morgan fingerprint density at radius 1 is 1.26 bits per heavy atom. The molecule has 0 aliphatic carbocycles. The van der Waals surface area contributed by atoms with Gasteiger partial charge < -0.3 is 15.0 Å². The van der Waals surface area contributed by atoms with Gasteiger partial charge in [0.1, 0.15) is 5.75 Å². The largest absolute Gasteiger partial charge is 0.495 e. The van der Waals surface area contributed by atoms with E-state index in [1.807, 2.05) is 32.3 Å².